The van der Waals surface area contributed by atoms with Crippen molar-refractivity contribution in [3.8, 4) is 5.75 Å². The minimum Gasteiger partial charge on any atom is -0.482 e. The lowest BCUT2D eigenvalue weighted by molar-refractivity contribution is 0.0918. The molecule has 0 saturated carbocycles. The van der Waals surface area contributed by atoms with Gasteiger partial charge in [-0.15, -0.1) is 0 Å². The van der Waals surface area contributed by atoms with E-state index >= 15 is 0 Å². The third-order valence-electron chi connectivity index (χ3n) is 2.96. The number of Topliss-reactive ketones (excluding diaryl/α,β-unsaturated/α-hetero) is 1. The van der Waals surface area contributed by atoms with Crippen LogP contribution in [0.5, 0.6) is 5.75 Å². The molecule has 0 atom stereocenters. The first kappa shape index (κ1) is 13.3. The fourth-order valence-electron chi connectivity index (χ4n) is 1.84. The van der Waals surface area contributed by atoms with Crippen LogP contribution in [-0.2, 0) is 0 Å². The van der Waals surface area contributed by atoms with Crippen molar-refractivity contribution in [3.63, 3.8) is 0 Å². The predicted octanol–water partition coefficient (Wildman–Crippen LogP) is 3.70. The minimum atomic E-state index is -0.417. The quantitative estimate of drug-likeness (QED) is 0.781. The molecule has 2 aromatic rings. The number of carbonyl (C=O) groups is 1. The van der Waals surface area contributed by atoms with Crippen molar-refractivity contribution >= 4 is 5.78 Å². The maximum absolute atomic E-state index is 13.7. The average molecular weight is 258 g/mol. The van der Waals surface area contributed by atoms with Crippen molar-refractivity contribution in [2.45, 2.75) is 13.8 Å². The first-order valence-corrected chi connectivity index (χ1v) is 6.06. The van der Waals surface area contributed by atoms with Crippen molar-refractivity contribution < 1.29 is 13.9 Å². The lowest BCUT2D eigenvalue weighted by Gasteiger charge is -2.09. The number of aryl methyl sites for hydroxylation is 2. The number of halogens is 1. The van der Waals surface area contributed by atoms with Crippen LogP contribution >= 0.6 is 0 Å². The molecule has 98 valence electrons. The van der Waals surface area contributed by atoms with Gasteiger partial charge < -0.3 is 4.74 Å². The van der Waals surface area contributed by atoms with E-state index in [1.807, 2.05) is 19.1 Å². The second-order valence-corrected chi connectivity index (χ2v) is 4.41. The highest BCUT2D eigenvalue weighted by atomic mass is 19.1. The lowest BCUT2D eigenvalue weighted by Crippen LogP contribution is -2.13. The van der Waals surface area contributed by atoms with Gasteiger partial charge in [-0.2, -0.15) is 0 Å². The van der Waals surface area contributed by atoms with Crippen LogP contribution in [0, 0.1) is 19.7 Å². The minimum absolute atomic E-state index is 0.113. The zero-order valence-corrected chi connectivity index (χ0v) is 10.9. The number of hydrogen-bond acceptors (Lipinski definition) is 2. The summed E-state index contributed by atoms with van der Waals surface area (Å²) in [6.45, 7) is 3.36. The van der Waals surface area contributed by atoms with Gasteiger partial charge in [0.2, 0.25) is 0 Å². The third kappa shape index (κ3) is 2.99. The van der Waals surface area contributed by atoms with E-state index in [4.69, 9.17) is 4.74 Å². The summed E-state index contributed by atoms with van der Waals surface area (Å²) in [5, 5.41) is 0. The standard InChI is InChI=1S/C16H15FO2/c1-11-6-3-4-8-13(11)14(18)10-19-15-9-5-7-12(2)16(15)17/h3-9H,10H2,1-2H3. The molecule has 0 bridgehead atoms. The number of carbonyl (C=O) groups excluding carboxylic acids is 1. The van der Waals surface area contributed by atoms with Gasteiger partial charge in [0.25, 0.3) is 0 Å². The Morgan fingerprint density at radius 3 is 2.47 bits per heavy atom. The van der Waals surface area contributed by atoms with Gasteiger partial charge in [-0.3, -0.25) is 4.79 Å². The smallest absolute Gasteiger partial charge is 0.200 e. The molecule has 2 aromatic carbocycles. The Kier molecular flexibility index (Phi) is 3.95. The molecule has 19 heavy (non-hydrogen) atoms. The summed E-state index contributed by atoms with van der Waals surface area (Å²) in [7, 11) is 0. The number of ether oxygens (including phenoxy) is 1. The van der Waals surface area contributed by atoms with Crippen molar-refractivity contribution in [2.75, 3.05) is 6.61 Å². The van der Waals surface area contributed by atoms with E-state index in [9.17, 15) is 9.18 Å². The highest BCUT2D eigenvalue weighted by Gasteiger charge is 2.11. The number of rotatable bonds is 4. The van der Waals surface area contributed by atoms with Crippen LogP contribution in [0.15, 0.2) is 42.5 Å². The Bertz CT molecular complexity index is 605. The van der Waals surface area contributed by atoms with Crippen molar-refractivity contribution in [1.29, 1.82) is 0 Å². The Balaban J connectivity index is 2.09. The van der Waals surface area contributed by atoms with Crippen LogP contribution in [0.1, 0.15) is 21.5 Å². The van der Waals surface area contributed by atoms with E-state index in [-0.39, 0.29) is 18.1 Å². The summed E-state index contributed by atoms with van der Waals surface area (Å²) >= 11 is 0. The molecule has 0 aromatic heterocycles. The maximum atomic E-state index is 13.7. The van der Waals surface area contributed by atoms with Gasteiger partial charge in [0, 0.05) is 5.56 Å². The third-order valence-corrected chi connectivity index (χ3v) is 2.96. The van der Waals surface area contributed by atoms with E-state index in [0.29, 0.717) is 11.1 Å². The highest BCUT2D eigenvalue weighted by Crippen LogP contribution is 2.20. The fourth-order valence-corrected chi connectivity index (χ4v) is 1.84. The molecule has 3 heteroatoms. The molecule has 0 aliphatic carbocycles. The van der Waals surface area contributed by atoms with Crippen molar-refractivity contribution in [1.82, 2.24) is 0 Å². The molecule has 0 fully saturated rings. The van der Waals surface area contributed by atoms with Gasteiger partial charge in [0.15, 0.2) is 24.0 Å². The normalized spacial score (nSPS) is 10.3. The van der Waals surface area contributed by atoms with E-state index in [1.54, 1.807) is 31.2 Å². The van der Waals surface area contributed by atoms with Gasteiger partial charge in [0.05, 0.1) is 0 Å². The molecule has 0 N–H and O–H groups in total. The van der Waals surface area contributed by atoms with Crippen molar-refractivity contribution in [3.05, 3.63) is 65.0 Å². The van der Waals surface area contributed by atoms with E-state index < -0.39 is 5.82 Å². The Morgan fingerprint density at radius 1 is 1.05 bits per heavy atom. The average Bonchev–Trinajstić information content (AvgIpc) is 2.40. The topological polar surface area (TPSA) is 26.3 Å². The van der Waals surface area contributed by atoms with Gasteiger partial charge in [-0.1, -0.05) is 36.4 Å². The van der Waals surface area contributed by atoms with Gasteiger partial charge in [-0.05, 0) is 31.0 Å². The summed E-state index contributed by atoms with van der Waals surface area (Å²) in [5.41, 5.74) is 2.00. The monoisotopic (exact) mass is 258 g/mol. The summed E-state index contributed by atoms with van der Waals surface area (Å²) in [4.78, 5) is 12.0. The van der Waals surface area contributed by atoms with Crippen LogP contribution in [0.2, 0.25) is 0 Å². The van der Waals surface area contributed by atoms with Crippen LogP contribution in [0.3, 0.4) is 0 Å². The first-order chi connectivity index (χ1) is 9.09. The fraction of sp³-hybridized carbons (Fsp3) is 0.188. The SMILES string of the molecule is Cc1ccccc1C(=O)COc1cccc(C)c1F. The van der Waals surface area contributed by atoms with Crippen LogP contribution in [0.4, 0.5) is 4.39 Å². The molecule has 2 rings (SSSR count). The maximum Gasteiger partial charge on any atom is 0.200 e. The van der Waals surface area contributed by atoms with Crippen molar-refractivity contribution in [2.24, 2.45) is 0 Å². The molecule has 0 heterocycles. The molecular formula is C16H15FO2. The number of hydrogen-bond donors (Lipinski definition) is 0. The molecule has 2 nitrogen and oxygen atoms in total. The Morgan fingerprint density at radius 2 is 1.74 bits per heavy atom. The lowest BCUT2D eigenvalue weighted by atomic mass is 10.1. The molecule has 0 amide bonds. The summed E-state index contributed by atoms with van der Waals surface area (Å²) in [6.07, 6.45) is 0. The van der Waals surface area contributed by atoms with Gasteiger partial charge in [0.1, 0.15) is 0 Å². The van der Waals surface area contributed by atoms with Gasteiger partial charge >= 0.3 is 0 Å². The van der Waals surface area contributed by atoms with E-state index in [0.717, 1.165) is 5.56 Å². The summed E-state index contributed by atoms with van der Waals surface area (Å²) < 4.78 is 19.0. The van der Waals surface area contributed by atoms with E-state index in [1.165, 1.54) is 6.07 Å². The first-order valence-electron chi connectivity index (χ1n) is 6.06. The summed E-state index contributed by atoms with van der Waals surface area (Å²) in [5.74, 6) is -0.457. The molecule has 0 aliphatic rings. The highest BCUT2D eigenvalue weighted by molar-refractivity contribution is 5.98. The summed E-state index contributed by atoms with van der Waals surface area (Å²) in [6, 6.07) is 12.2. The van der Waals surface area contributed by atoms with Crippen LogP contribution in [0.25, 0.3) is 0 Å². The van der Waals surface area contributed by atoms with Crippen LogP contribution in [-0.4, -0.2) is 12.4 Å². The predicted molar refractivity (Wildman–Crippen MR) is 72.1 cm³/mol. The number of benzene rings is 2. The van der Waals surface area contributed by atoms with E-state index in [2.05, 4.69) is 0 Å². The molecule has 0 saturated heterocycles. The molecule has 0 aliphatic heterocycles. The van der Waals surface area contributed by atoms with Crippen LogP contribution < -0.4 is 4.74 Å². The second-order valence-electron chi connectivity index (χ2n) is 4.41. The molecular weight excluding hydrogens is 243 g/mol. The number of ketones is 1. The second kappa shape index (κ2) is 5.65. The van der Waals surface area contributed by atoms with Gasteiger partial charge in [-0.25, -0.2) is 4.39 Å². The molecule has 0 radical (unpaired) electrons. The Hall–Kier alpha value is -2.16. The Labute approximate surface area is 111 Å². The zero-order chi connectivity index (χ0) is 13.8. The molecule has 0 unspecified atom stereocenters. The largest absolute Gasteiger partial charge is 0.482 e. The molecule has 0 spiro atoms. The zero-order valence-electron chi connectivity index (χ0n) is 10.9.